The van der Waals surface area contributed by atoms with Crippen molar-refractivity contribution in [2.45, 2.75) is 13.8 Å². The normalized spacial score (nSPS) is 18.9. The van der Waals surface area contributed by atoms with Gasteiger partial charge in [0.2, 0.25) is 5.91 Å². The zero-order valence-corrected chi connectivity index (χ0v) is 16.6. The molecule has 2 rings (SSSR count). The number of likely N-dealkylation sites (tertiary alicyclic amines) is 1. The van der Waals surface area contributed by atoms with Crippen molar-refractivity contribution >= 4 is 38.3 Å². The topological polar surface area (TPSA) is 72.9 Å². The summed E-state index contributed by atoms with van der Waals surface area (Å²) in [6, 6.07) is 9.42. The molecule has 0 spiro atoms. The number of ether oxygens (including phenoxy) is 2. The van der Waals surface area contributed by atoms with Crippen LogP contribution < -0.4 is 0 Å². The lowest BCUT2D eigenvalue weighted by Crippen LogP contribution is -2.39. The lowest BCUT2D eigenvalue weighted by Gasteiger charge is -2.21. The van der Waals surface area contributed by atoms with Gasteiger partial charge in [-0.15, -0.1) is 0 Å². The molecule has 1 aliphatic heterocycles. The number of carbonyl (C=O) groups is 3. The maximum Gasteiger partial charge on any atom is 0.321 e. The third-order valence-corrected chi connectivity index (χ3v) is 5.12. The second-order valence-corrected chi connectivity index (χ2v) is 6.65. The van der Waals surface area contributed by atoms with Crippen LogP contribution in [0.5, 0.6) is 0 Å². The number of nitrogens with zero attached hydrogens (tertiary/aromatic N) is 1. The SMILES string of the molecule is CCOC(=O)C(C(=O)OCC)C1C(=O)N(C)C/C1=C(/Br)c1ccccc1. The van der Waals surface area contributed by atoms with Gasteiger partial charge in [0, 0.05) is 18.1 Å². The second kappa shape index (κ2) is 8.98. The number of amides is 1. The second-order valence-electron chi connectivity index (χ2n) is 5.86. The van der Waals surface area contributed by atoms with Gasteiger partial charge in [0.25, 0.3) is 0 Å². The Kier molecular flexibility index (Phi) is 6.97. The van der Waals surface area contributed by atoms with E-state index in [9.17, 15) is 14.4 Å². The maximum absolute atomic E-state index is 12.8. The smallest absolute Gasteiger partial charge is 0.321 e. The molecule has 1 aromatic rings. The van der Waals surface area contributed by atoms with E-state index in [2.05, 4.69) is 15.9 Å². The third-order valence-electron chi connectivity index (χ3n) is 4.15. The summed E-state index contributed by atoms with van der Waals surface area (Å²) in [7, 11) is 1.64. The van der Waals surface area contributed by atoms with E-state index in [-0.39, 0.29) is 19.1 Å². The summed E-state index contributed by atoms with van der Waals surface area (Å²) >= 11 is 3.55. The highest BCUT2D eigenvalue weighted by molar-refractivity contribution is 9.15. The predicted molar refractivity (Wildman–Crippen MR) is 100 cm³/mol. The van der Waals surface area contributed by atoms with Crippen LogP contribution in [-0.2, 0) is 23.9 Å². The van der Waals surface area contributed by atoms with E-state index < -0.39 is 23.8 Å². The van der Waals surface area contributed by atoms with Crippen LogP contribution in [0.4, 0.5) is 0 Å². The fraction of sp³-hybridized carbons (Fsp3) is 0.421. The molecule has 26 heavy (non-hydrogen) atoms. The van der Waals surface area contributed by atoms with E-state index in [1.165, 1.54) is 4.90 Å². The van der Waals surface area contributed by atoms with E-state index in [4.69, 9.17) is 9.47 Å². The van der Waals surface area contributed by atoms with E-state index in [0.717, 1.165) is 5.56 Å². The number of likely N-dealkylation sites (N-methyl/N-ethyl adjacent to an activating group) is 1. The molecule has 0 N–H and O–H groups in total. The molecule has 1 unspecified atom stereocenters. The van der Waals surface area contributed by atoms with Crippen LogP contribution >= 0.6 is 15.9 Å². The first kappa shape index (κ1) is 20.2. The maximum atomic E-state index is 12.8. The Labute approximate surface area is 161 Å². The summed E-state index contributed by atoms with van der Waals surface area (Å²) in [5.74, 6) is -4.07. The molecule has 0 aliphatic carbocycles. The molecule has 7 heteroatoms. The van der Waals surface area contributed by atoms with Crippen LogP contribution in [0.15, 0.2) is 35.9 Å². The van der Waals surface area contributed by atoms with Gasteiger partial charge in [-0.1, -0.05) is 46.3 Å². The Morgan fingerprint density at radius 2 is 1.69 bits per heavy atom. The zero-order valence-electron chi connectivity index (χ0n) is 15.0. The lowest BCUT2D eigenvalue weighted by atomic mass is 9.86. The predicted octanol–water partition coefficient (Wildman–Crippen LogP) is 2.62. The van der Waals surface area contributed by atoms with Crippen LogP contribution in [0.2, 0.25) is 0 Å². The van der Waals surface area contributed by atoms with Gasteiger partial charge >= 0.3 is 11.9 Å². The van der Waals surface area contributed by atoms with Crippen molar-refractivity contribution in [3.63, 3.8) is 0 Å². The highest BCUT2D eigenvalue weighted by Gasteiger charge is 2.49. The molecule has 1 aliphatic rings. The Balaban J connectivity index is 2.53. The quantitative estimate of drug-likeness (QED) is 0.519. The fourth-order valence-electron chi connectivity index (χ4n) is 2.97. The highest BCUT2D eigenvalue weighted by Crippen LogP contribution is 2.39. The van der Waals surface area contributed by atoms with Gasteiger partial charge in [0.1, 0.15) is 0 Å². The van der Waals surface area contributed by atoms with Gasteiger partial charge < -0.3 is 14.4 Å². The summed E-state index contributed by atoms with van der Waals surface area (Å²) in [4.78, 5) is 39.2. The van der Waals surface area contributed by atoms with Crippen LogP contribution in [-0.4, -0.2) is 49.6 Å². The minimum atomic E-state index is -1.32. The van der Waals surface area contributed by atoms with E-state index in [1.807, 2.05) is 30.3 Å². The van der Waals surface area contributed by atoms with Crippen LogP contribution in [0.3, 0.4) is 0 Å². The Morgan fingerprint density at radius 3 is 2.19 bits per heavy atom. The van der Waals surface area contributed by atoms with Gasteiger partial charge in [-0.05, 0) is 25.0 Å². The van der Waals surface area contributed by atoms with Crippen molar-refractivity contribution in [3.8, 4) is 0 Å². The van der Waals surface area contributed by atoms with Crippen molar-refractivity contribution in [1.29, 1.82) is 0 Å². The van der Waals surface area contributed by atoms with Crippen molar-refractivity contribution < 1.29 is 23.9 Å². The Hall–Kier alpha value is -2.15. The Morgan fingerprint density at radius 1 is 1.15 bits per heavy atom. The monoisotopic (exact) mass is 423 g/mol. The molecule has 140 valence electrons. The first-order valence-corrected chi connectivity index (χ1v) is 9.23. The van der Waals surface area contributed by atoms with E-state index in [1.54, 1.807) is 20.9 Å². The van der Waals surface area contributed by atoms with Crippen molar-refractivity contribution in [3.05, 3.63) is 41.5 Å². The molecule has 1 amide bonds. The molecular formula is C19H22BrNO5. The number of esters is 2. The number of carbonyl (C=O) groups excluding carboxylic acids is 3. The number of rotatable bonds is 6. The molecule has 6 nitrogen and oxygen atoms in total. The summed E-state index contributed by atoms with van der Waals surface area (Å²) in [5.41, 5.74) is 1.52. The first-order chi connectivity index (χ1) is 12.4. The summed E-state index contributed by atoms with van der Waals surface area (Å²) in [6.07, 6.45) is 0. The zero-order chi connectivity index (χ0) is 19.3. The molecule has 0 radical (unpaired) electrons. The molecule has 1 atom stereocenters. The molecule has 1 aromatic carbocycles. The average molecular weight is 424 g/mol. The summed E-state index contributed by atoms with van der Waals surface area (Å²) in [5, 5.41) is 0. The van der Waals surface area contributed by atoms with Crippen molar-refractivity contribution in [2.24, 2.45) is 11.8 Å². The van der Waals surface area contributed by atoms with Crippen molar-refractivity contribution in [2.75, 3.05) is 26.8 Å². The van der Waals surface area contributed by atoms with Gasteiger partial charge in [-0.3, -0.25) is 14.4 Å². The van der Waals surface area contributed by atoms with Crippen LogP contribution in [0.1, 0.15) is 19.4 Å². The number of halogens is 1. The molecule has 1 heterocycles. The highest BCUT2D eigenvalue weighted by atomic mass is 79.9. The number of hydrogen-bond acceptors (Lipinski definition) is 5. The van der Waals surface area contributed by atoms with Gasteiger partial charge in [-0.2, -0.15) is 0 Å². The van der Waals surface area contributed by atoms with E-state index >= 15 is 0 Å². The molecule has 1 fully saturated rings. The first-order valence-electron chi connectivity index (χ1n) is 8.44. The lowest BCUT2D eigenvalue weighted by molar-refractivity contribution is -0.165. The fourth-order valence-corrected chi connectivity index (χ4v) is 3.61. The summed E-state index contributed by atoms with van der Waals surface area (Å²) < 4.78 is 10.8. The summed E-state index contributed by atoms with van der Waals surface area (Å²) in [6.45, 7) is 3.85. The van der Waals surface area contributed by atoms with E-state index in [0.29, 0.717) is 16.6 Å². The minimum Gasteiger partial charge on any atom is -0.465 e. The van der Waals surface area contributed by atoms with Gasteiger partial charge in [-0.25, -0.2) is 0 Å². The number of hydrogen-bond donors (Lipinski definition) is 0. The van der Waals surface area contributed by atoms with Crippen LogP contribution in [0.25, 0.3) is 4.48 Å². The molecule has 0 saturated carbocycles. The molecule has 0 bridgehead atoms. The average Bonchev–Trinajstić information content (AvgIpc) is 2.91. The van der Waals surface area contributed by atoms with Gasteiger partial charge in [0.05, 0.1) is 19.1 Å². The molecule has 0 aromatic heterocycles. The standard InChI is InChI=1S/C19H22BrNO5/c1-4-25-18(23)15(19(24)26-5-2)14-13(11-21(3)17(14)22)16(20)12-9-7-6-8-10-12/h6-10,14-15H,4-5,11H2,1-3H3/b16-13-. The van der Waals surface area contributed by atoms with Gasteiger partial charge in [0.15, 0.2) is 5.92 Å². The third kappa shape index (κ3) is 4.15. The molecular weight excluding hydrogens is 402 g/mol. The minimum absolute atomic E-state index is 0.115. The van der Waals surface area contributed by atoms with Crippen molar-refractivity contribution in [1.82, 2.24) is 4.90 Å². The largest absolute Gasteiger partial charge is 0.465 e. The number of benzene rings is 1. The molecule has 1 saturated heterocycles. The Bertz CT molecular complexity index is 698. The van der Waals surface area contributed by atoms with Crippen LogP contribution in [0, 0.1) is 11.8 Å².